The molecule has 1 unspecified atom stereocenters. The van der Waals surface area contributed by atoms with Gasteiger partial charge in [-0.2, -0.15) is 0 Å². The number of carbonyl (C=O) groups excluding carboxylic acids is 1. The van der Waals surface area contributed by atoms with Crippen LogP contribution in [0, 0.1) is 10.1 Å². The number of non-ortho nitro benzene ring substituents is 1. The van der Waals surface area contributed by atoms with E-state index in [4.69, 9.17) is 4.74 Å². The molecular formula is C18H20N3O4+. The van der Waals surface area contributed by atoms with Crippen molar-refractivity contribution in [2.75, 3.05) is 25.5 Å². The third kappa shape index (κ3) is 3.95. The van der Waals surface area contributed by atoms with E-state index >= 15 is 0 Å². The predicted molar refractivity (Wildman–Crippen MR) is 92.8 cm³/mol. The fourth-order valence-electron chi connectivity index (χ4n) is 3.12. The van der Waals surface area contributed by atoms with Crippen LogP contribution in [-0.4, -0.2) is 31.0 Å². The molecule has 2 aromatic rings. The summed E-state index contributed by atoms with van der Waals surface area (Å²) >= 11 is 0. The van der Waals surface area contributed by atoms with Crippen molar-refractivity contribution in [1.29, 1.82) is 0 Å². The van der Waals surface area contributed by atoms with Gasteiger partial charge in [-0.25, -0.2) is 0 Å². The van der Waals surface area contributed by atoms with E-state index in [1.165, 1.54) is 41.3 Å². The normalized spacial score (nSPS) is 16.0. The first-order valence-corrected chi connectivity index (χ1v) is 8.09. The zero-order valence-corrected chi connectivity index (χ0v) is 14.0. The van der Waals surface area contributed by atoms with Crippen LogP contribution in [0.3, 0.4) is 0 Å². The molecule has 1 amide bonds. The number of ether oxygens (including phenoxy) is 1. The second-order valence-corrected chi connectivity index (χ2v) is 6.06. The molecule has 1 heterocycles. The topological polar surface area (TPSA) is 85.9 Å². The molecule has 0 saturated heterocycles. The Morgan fingerprint density at radius 2 is 2.04 bits per heavy atom. The fraction of sp³-hybridized carbons (Fsp3) is 0.278. The Kier molecular flexibility index (Phi) is 4.95. The number of quaternary nitrogens is 1. The predicted octanol–water partition coefficient (Wildman–Crippen LogP) is 1.18. The van der Waals surface area contributed by atoms with E-state index in [0.717, 1.165) is 19.5 Å². The van der Waals surface area contributed by atoms with Crippen molar-refractivity contribution >= 4 is 17.3 Å². The molecule has 7 nitrogen and oxygen atoms in total. The van der Waals surface area contributed by atoms with Gasteiger partial charge in [0.05, 0.1) is 24.3 Å². The largest absolute Gasteiger partial charge is 0.495 e. The molecule has 0 bridgehead atoms. The van der Waals surface area contributed by atoms with Crippen LogP contribution in [-0.2, 0) is 17.8 Å². The highest BCUT2D eigenvalue weighted by molar-refractivity contribution is 5.93. The Morgan fingerprint density at radius 1 is 1.28 bits per heavy atom. The highest BCUT2D eigenvalue weighted by Crippen LogP contribution is 2.28. The van der Waals surface area contributed by atoms with Gasteiger partial charge < -0.3 is 15.0 Å². The standard InChI is InChI=1S/C18H19N3O4/c1-25-17-7-6-15(21(23)24)10-16(17)19-18(22)12-20-9-8-13-4-2-3-5-14(13)11-20/h2-7,10H,8-9,11-12H2,1H3,(H,19,22)/p+1. The van der Waals surface area contributed by atoms with Gasteiger partial charge in [-0.1, -0.05) is 24.3 Å². The van der Waals surface area contributed by atoms with Crippen LogP contribution in [0.25, 0.3) is 0 Å². The van der Waals surface area contributed by atoms with Gasteiger partial charge in [0.2, 0.25) is 0 Å². The molecule has 7 heteroatoms. The smallest absolute Gasteiger partial charge is 0.279 e. The number of nitrogens with zero attached hydrogens (tertiary/aromatic N) is 1. The molecule has 130 valence electrons. The molecule has 3 rings (SSSR count). The van der Waals surface area contributed by atoms with E-state index in [1.807, 2.05) is 12.1 Å². The number of nitro benzene ring substituents is 1. The summed E-state index contributed by atoms with van der Waals surface area (Å²) in [6.07, 6.45) is 0.943. The number of anilines is 1. The second kappa shape index (κ2) is 7.31. The summed E-state index contributed by atoms with van der Waals surface area (Å²) in [5.41, 5.74) is 2.84. The number of nitro groups is 1. The Hall–Kier alpha value is -2.93. The summed E-state index contributed by atoms with van der Waals surface area (Å²) in [5, 5.41) is 13.7. The van der Waals surface area contributed by atoms with Gasteiger partial charge in [-0.05, 0) is 11.6 Å². The van der Waals surface area contributed by atoms with Crippen LogP contribution in [0.15, 0.2) is 42.5 Å². The summed E-state index contributed by atoms with van der Waals surface area (Å²) in [5.74, 6) is 0.214. The minimum absolute atomic E-state index is 0.0876. The van der Waals surface area contributed by atoms with E-state index in [2.05, 4.69) is 17.4 Å². The molecule has 0 spiro atoms. The Morgan fingerprint density at radius 3 is 2.76 bits per heavy atom. The molecular weight excluding hydrogens is 322 g/mol. The third-order valence-corrected chi connectivity index (χ3v) is 4.39. The lowest BCUT2D eigenvalue weighted by Gasteiger charge is -2.25. The molecule has 0 aromatic heterocycles. The monoisotopic (exact) mass is 342 g/mol. The highest BCUT2D eigenvalue weighted by atomic mass is 16.6. The number of rotatable bonds is 5. The Bertz CT molecular complexity index is 807. The summed E-state index contributed by atoms with van der Waals surface area (Å²) < 4.78 is 5.17. The minimum atomic E-state index is -0.498. The Balaban J connectivity index is 1.67. The maximum atomic E-state index is 12.4. The number of benzene rings is 2. The molecule has 0 radical (unpaired) electrons. The Labute approximate surface area is 145 Å². The van der Waals surface area contributed by atoms with E-state index in [9.17, 15) is 14.9 Å². The number of hydrogen-bond acceptors (Lipinski definition) is 4. The van der Waals surface area contributed by atoms with Crippen LogP contribution in [0.2, 0.25) is 0 Å². The molecule has 0 saturated carbocycles. The second-order valence-electron chi connectivity index (χ2n) is 6.06. The average Bonchev–Trinajstić information content (AvgIpc) is 2.61. The molecule has 0 fully saturated rings. The lowest BCUT2D eigenvalue weighted by molar-refractivity contribution is -0.907. The van der Waals surface area contributed by atoms with Gasteiger partial charge in [-0.3, -0.25) is 14.9 Å². The first-order valence-electron chi connectivity index (χ1n) is 8.09. The van der Waals surface area contributed by atoms with Gasteiger partial charge in [0.1, 0.15) is 12.3 Å². The number of nitrogens with one attached hydrogen (secondary N) is 2. The van der Waals surface area contributed by atoms with E-state index in [1.54, 1.807) is 0 Å². The number of carbonyl (C=O) groups is 1. The number of hydrogen-bond donors (Lipinski definition) is 2. The van der Waals surface area contributed by atoms with Gasteiger partial charge in [0.25, 0.3) is 11.6 Å². The summed E-state index contributed by atoms with van der Waals surface area (Å²) in [7, 11) is 1.46. The van der Waals surface area contributed by atoms with Gasteiger partial charge in [0.15, 0.2) is 6.54 Å². The van der Waals surface area contributed by atoms with Crippen molar-refractivity contribution in [2.45, 2.75) is 13.0 Å². The zero-order chi connectivity index (χ0) is 17.8. The van der Waals surface area contributed by atoms with Gasteiger partial charge in [0, 0.05) is 24.1 Å². The molecule has 1 aliphatic rings. The van der Waals surface area contributed by atoms with Crippen molar-refractivity contribution in [3.05, 3.63) is 63.7 Å². The number of methoxy groups -OCH3 is 1. The quantitative estimate of drug-likeness (QED) is 0.631. The lowest BCUT2D eigenvalue weighted by atomic mass is 10.00. The zero-order valence-electron chi connectivity index (χ0n) is 14.0. The number of fused-ring (bicyclic) bond motifs is 1. The van der Waals surface area contributed by atoms with Crippen molar-refractivity contribution in [1.82, 2.24) is 0 Å². The van der Waals surface area contributed by atoms with E-state index in [-0.39, 0.29) is 11.6 Å². The molecule has 2 N–H and O–H groups in total. The van der Waals surface area contributed by atoms with Crippen molar-refractivity contribution in [3.63, 3.8) is 0 Å². The lowest BCUT2D eigenvalue weighted by Crippen LogP contribution is -3.12. The van der Waals surface area contributed by atoms with Crippen LogP contribution in [0.5, 0.6) is 5.75 Å². The minimum Gasteiger partial charge on any atom is -0.495 e. The summed E-state index contributed by atoms with van der Waals surface area (Å²) in [6.45, 7) is 1.99. The van der Waals surface area contributed by atoms with Gasteiger partial charge in [-0.15, -0.1) is 0 Å². The first kappa shape index (κ1) is 16.9. The van der Waals surface area contributed by atoms with Crippen LogP contribution < -0.4 is 15.0 Å². The molecule has 2 aromatic carbocycles. The molecule has 1 aliphatic heterocycles. The van der Waals surface area contributed by atoms with E-state index < -0.39 is 4.92 Å². The van der Waals surface area contributed by atoms with Crippen LogP contribution in [0.1, 0.15) is 11.1 Å². The third-order valence-electron chi connectivity index (χ3n) is 4.39. The summed E-state index contributed by atoms with van der Waals surface area (Å²) in [4.78, 5) is 24.0. The van der Waals surface area contributed by atoms with Crippen molar-refractivity contribution < 1.29 is 19.4 Å². The van der Waals surface area contributed by atoms with Crippen LogP contribution >= 0.6 is 0 Å². The fourth-order valence-corrected chi connectivity index (χ4v) is 3.12. The first-order chi connectivity index (χ1) is 12.1. The SMILES string of the molecule is COc1ccc([N+](=O)[O-])cc1NC(=O)C[NH+]1CCc2ccccc2C1. The van der Waals surface area contributed by atoms with Crippen molar-refractivity contribution in [2.24, 2.45) is 0 Å². The molecule has 25 heavy (non-hydrogen) atoms. The van der Waals surface area contributed by atoms with Crippen molar-refractivity contribution in [3.8, 4) is 5.75 Å². The maximum absolute atomic E-state index is 12.4. The summed E-state index contributed by atoms with van der Waals surface area (Å²) in [6, 6.07) is 12.4. The average molecular weight is 342 g/mol. The molecule has 1 atom stereocenters. The van der Waals surface area contributed by atoms with Gasteiger partial charge >= 0.3 is 0 Å². The van der Waals surface area contributed by atoms with E-state index in [0.29, 0.717) is 18.0 Å². The number of amides is 1. The van der Waals surface area contributed by atoms with Crippen LogP contribution in [0.4, 0.5) is 11.4 Å². The highest BCUT2D eigenvalue weighted by Gasteiger charge is 2.22. The molecule has 0 aliphatic carbocycles. The maximum Gasteiger partial charge on any atom is 0.279 e.